The van der Waals surface area contributed by atoms with Gasteiger partial charge in [-0.3, -0.25) is 24.1 Å². The lowest BCUT2D eigenvalue weighted by Gasteiger charge is -2.33. The highest BCUT2D eigenvalue weighted by molar-refractivity contribution is 7.91. The van der Waals surface area contributed by atoms with E-state index in [4.69, 9.17) is 9.72 Å². The SMILES string of the molecule is CCOc1ccc(-n2c(C(CCNS(=O)(=O)c3ccc(-c4ccccn4)s3)N(Cc3cccnc3)C(=O)Cc3ccc(C(F)(F)F)c(F)c3)nc3ccccc3c2=O)cc1. The molecule has 1 amide bonds. The minimum absolute atomic E-state index is 0.0162. The Balaban J connectivity index is 1.34. The van der Waals surface area contributed by atoms with E-state index in [0.29, 0.717) is 51.8 Å². The van der Waals surface area contributed by atoms with Crippen molar-refractivity contribution < 1.29 is 35.5 Å². The fourth-order valence-corrected chi connectivity index (χ4v) is 9.03. The molecular weight excluding hydrogens is 821 g/mol. The van der Waals surface area contributed by atoms with Gasteiger partial charge in [-0.05, 0) is 103 Å². The van der Waals surface area contributed by atoms with Crippen molar-refractivity contribution >= 4 is 38.2 Å². The van der Waals surface area contributed by atoms with Gasteiger partial charge in [0, 0.05) is 31.7 Å². The number of hydrogen-bond acceptors (Lipinski definition) is 9. The number of sulfonamides is 1. The van der Waals surface area contributed by atoms with Crippen LogP contribution in [-0.2, 0) is 34.0 Å². The average Bonchev–Trinajstić information content (AvgIpc) is 3.75. The first-order chi connectivity index (χ1) is 28.8. The van der Waals surface area contributed by atoms with E-state index in [-0.39, 0.29) is 40.5 Å². The number of thiophene rings is 1. The highest BCUT2D eigenvalue weighted by Crippen LogP contribution is 2.34. The zero-order valence-corrected chi connectivity index (χ0v) is 33.5. The Labute approximate surface area is 346 Å². The minimum Gasteiger partial charge on any atom is -0.494 e. The number of aromatic nitrogens is 4. The number of benzene rings is 3. The van der Waals surface area contributed by atoms with Crippen molar-refractivity contribution in [1.29, 1.82) is 0 Å². The molecule has 3 aromatic carbocycles. The summed E-state index contributed by atoms with van der Waals surface area (Å²) in [5, 5.41) is 0.265. The Hall–Kier alpha value is -6.30. The molecule has 4 heterocycles. The van der Waals surface area contributed by atoms with E-state index in [1.165, 1.54) is 27.9 Å². The Bertz CT molecular complexity index is 2790. The third-order valence-corrected chi connectivity index (χ3v) is 12.5. The first-order valence-corrected chi connectivity index (χ1v) is 20.9. The molecule has 60 heavy (non-hydrogen) atoms. The maximum atomic E-state index is 14.8. The van der Waals surface area contributed by atoms with Crippen LogP contribution < -0.4 is 15.0 Å². The molecule has 17 heteroatoms. The van der Waals surface area contributed by atoms with Crippen LogP contribution in [-0.4, -0.2) is 51.9 Å². The molecule has 0 aliphatic rings. The second kappa shape index (κ2) is 17.9. The van der Waals surface area contributed by atoms with Gasteiger partial charge in [-0.25, -0.2) is 22.5 Å². The van der Waals surface area contributed by atoms with Gasteiger partial charge < -0.3 is 9.64 Å². The Morgan fingerprint density at radius 2 is 1.72 bits per heavy atom. The summed E-state index contributed by atoms with van der Waals surface area (Å²) in [6.45, 7) is 1.80. The number of carbonyl (C=O) groups excluding carboxylic acids is 1. The molecule has 4 aromatic heterocycles. The monoisotopic (exact) mass is 856 g/mol. The second-order valence-electron chi connectivity index (χ2n) is 13.5. The van der Waals surface area contributed by atoms with Crippen molar-refractivity contribution in [2.45, 2.75) is 42.7 Å². The number of rotatable bonds is 15. The summed E-state index contributed by atoms with van der Waals surface area (Å²) < 4.78 is 92.3. The first kappa shape index (κ1) is 41.8. The number of ether oxygens (including phenoxy) is 1. The highest BCUT2D eigenvalue weighted by atomic mass is 32.2. The molecule has 7 aromatic rings. The number of carbonyl (C=O) groups is 1. The zero-order valence-electron chi connectivity index (χ0n) is 31.8. The highest BCUT2D eigenvalue weighted by Gasteiger charge is 2.35. The molecule has 308 valence electrons. The molecule has 0 fully saturated rings. The van der Waals surface area contributed by atoms with Crippen molar-refractivity contribution in [3.8, 4) is 22.0 Å². The molecule has 0 saturated carbocycles. The summed E-state index contributed by atoms with van der Waals surface area (Å²) >= 11 is 1.02. The average molecular weight is 857 g/mol. The van der Waals surface area contributed by atoms with Gasteiger partial charge in [-0.1, -0.05) is 30.3 Å². The number of nitrogens with one attached hydrogen (secondary N) is 1. The molecule has 1 N–H and O–H groups in total. The van der Waals surface area contributed by atoms with Crippen LogP contribution in [0.1, 0.15) is 41.9 Å². The van der Waals surface area contributed by atoms with Crippen molar-refractivity contribution in [3.05, 3.63) is 166 Å². The molecule has 0 aliphatic carbocycles. The topological polar surface area (TPSA) is 136 Å². The Morgan fingerprint density at radius 3 is 2.42 bits per heavy atom. The fraction of sp³-hybridized carbons (Fsp3) is 0.186. The largest absolute Gasteiger partial charge is 0.494 e. The van der Waals surface area contributed by atoms with E-state index in [1.54, 1.807) is 91.1 Å². The van der Waals surface area contributed by atoms with E-state index in [0.717, 1.165) is 17.4 Å². The van der Waals surface area contributed by atoms with Crippen LogP contribution in [0.3, 0.4) is 0 Å². The smallest absolute Gasteiger partial charge is 0.419 e. The Kier molecular flexibility index (Phi) is 12.5. The van der Waals surface area contributed by atoms with E-state index >= 15 is 0 Å². The van der Waals surface area contributed by atoms with Crippen molar-refractivity contribution in [1.82, 2.24) is 29.1 Å². The molecule has 11 nitrogen and oxygen atoms in total. The number of nitrogens with zero attached hydrogens (tertiary/aromatic N) is 5. The first-order valence-electron chi connectivity index (χ1n) is 18.6. The number of alkyl halides is 3. The molecule has 0 bridgehead atoms. The normalized spacial score (nSPS) is 12.3. The van der Waals surface area contributed by atoms with E-state index in [9.17, 15) is 35.6 Å². The fourth-order valence-electron chi connectivity index (χ4n) is 6.65. The third kappa shape index (κ3) is 9.43. The van der Waals surface area contributed by atoms with Gasteiger partial charge >= 0.3 is 6.18 Å². The Morgan fingerprint density at radius 1 is 0.933 bits per heavy atom. The molecule has 0 aliphatic heterocycles. The van der Waals surface area contributed by atoms with Crippen molar-refractivity contribution in [2.75, 3.05) is 13.2 Å². The van der Waals surface area contributed by atoms with Crippen molar-refractivity contribution in [2.24, 2.45) is 0 Å². The summed E-state index contributed by atoms with van der Waals surface area (Å²) in [6.07, 6.45) is -1.00. The maximum Gasteiger partial charge on any atom is 0.419 e. The summed E-state index contributed by atoms with van der Waals surface area (Å²) in [7, 11) is -4.12. The quantitative estimate of drug-likeness (QED) is 0.102. The predicted octanol–water partition coefficient (Wildman–Crippen LogP) is 8.14. The molecule has 1 atom stereocenters. The van der Waals surface area contributed by atoms with Gasteiger partial charge in [0.05, 0.1) is 51.8 Å². The van der Waals surface area contributed by atoms with E-state index < -0.39 is 51.5 Å². The van der Waals surface area contributed by atoms with Gasteiger partial charge in [0.2, 0.25) is 15.9 Å². The van der Waals surface area contributed by atoms with Crippen molar-refractivity contribution in [3.63, 3.8) is 0 Å². The zero-order chi connectivity index (χ0) is 42.4. The molecular formula is C43H36F4N6O5S2. The lowest BCUT2D eigenvalue weighted by Crippen LogP contribution is -2.40. The van der Waals surface area contributed by atoms with Crippen LogP contribution in [0.25, 0.3) is 27.2 Å². The van der Waals surface area contributed by atoms with Gasteiger partial charge in [-0.2, -0.15) is 13.2 Å². The lowest BCUT2D eigenvalue weighted by molar-refractivity contribution is -0.140. The summed E-state index contributed by atoms with van der Waals surface area (Å²) in [4.78, 5) is 44.6. The number of amides is 1. The van der Waals surface area contributed by atoms with Gasteiger partial charge in [0.25, 0.3) is 5.56 Å². The summed E-state index contributed by atoms with van der Waals surface area (Å²) in [5.41, 5.74) is -0.218. The molecule has 0 radical (unpaired) electrons. The van der Waals surface area contributed by atoms with Gasteiger partial charge in [-0.15, -0.1) is 11.3 Å². The number of pyridine rings is 2. The van der Waals surface area contributed by atoms with Crippen LogP contribution in [0.5, 0.6) is 5.75 Å². The molecule has 0 saturated heterocycles. The lowest BCUT2D eigenvalue weighted by atomic mass is 10.0. The number of para-hydroxylation sites is 1. The van der Waals surface area contributed by atoms with Crippen LogP contribution in [0.4, 0.5) is 17.6 Å². The standard InChI is InChI=1S/C43H36F4N6O5S2/c1-2-58-31-15-13-30(14-16-31)53-41(51-35-10-4-3-9-32(35)42(53)55)37(20-23-50-60(56,57)40-19-18-38(59-40)36-11-5-6-22-49-36)52(27-29-8-7-21-48-26-29)39(54)25-28-12-17-33(34(44)24-28)43(45,46)47/h3-19,21-22,24,26,37,50H,2,20,23,25,27H2,1H3. The molecule has 7 rings (SSSR count). The predicted molar refractivity (Wildman–Crippen MR) is 218 cm³/mol. The van der Waals surface area contributed by atoms with E-state index in [2.05, 4.69) is 14.7 Å². The van der Waals surface area contributed by atoms with Crippen LogP contribution in [0.2, 0.25) is 0 Å². The number of fused-ring (bicyclic) bond motifs is 1. The molecule has 0 spiro atoms. The second-order valence-corrected chi connectivity index (χ2v) is 16.5. The van der Waals surface area contributed by atoms with Crippen LogP contribution in [0, 0.1) is 5.82 Å². The van der Waals surface area contributed by atoms with Gasteiger partial charge in [0.1, 0.15) is 21.6 Å². The van der Waals surface area contributed by atoms with Gasteiger partial charge in [0.15, 0.2) is 0 Å². The number of hydrogen-bond donors (Lipinski definition) is 1. The summed E-state index contributed by atoms with van der Waals surface area (Å²) in [5.74, 6) is -1.62. The number of halogens is 4. The molecule has 1 unspecified atom stereocenters. The van der Waals surface area contributed by atoms with E-state index in [1.807, 2.05) is 6.92 Å². The van der Waals surface area contributed by atoms with Crippen LogP contribution >= 0.6 is 11.3 Å². The third-order valence-electron chi connectivity index (χ3n) is 9.45. The summed E-state index contributed by atoms with van der Waals surface area (Å²) in [6, 6.07) is 26.1. The minimum atomic E-state index is -4.95. The van der Waals surface area contributed by atoms with Crippen LogP contribution in [0.15, 0.2) is 137 Å². The maximum absolute atomic E-state index is 14.8.